The van der Waals surface area contributed by atoms with E-state index in [-0.39, 0.29) is 17.4 Å². The number of rotatable bonds is 4. The van der Waals surface area contributed by atoms with Gasteiger partial charge in [-0.2, -0.15) is 0 Å². The molecule has 2 rings (SSSR count). The molecule has 1 atom stereocenters. The number of carboxylic acids is 1. The van der Waals surface area contributed by atoms with Crippen LogP contribution in [0.3, 0.4) is 0 Å². The maximum Gasteiger partial charge on any atom is 0.337 e. The number of anilines is 1. The molecule has 0 heterocycles. The number of hydrogen-bond acceptors (Lipinski definition) is 2. The van der Waals surface area contributed by atoms with Crippen LogP contribution in [0.5, 0.6) is 0 Å². The van der Waals surface area contributed by atoms with Gasteiger partial charge in [0.05, 0.1) is 5.56 Å². The van der Waals surface area contributed by atoms with Gasteiger partial charge in [-0.1, -0.05) is 28.1 Å². The van der Waals surface area contributed by atoms with Crippen LogP contribution in [0.25, 0.3) is 0 Å². The van der Waals surface area contributed by atoms with Gasteiger partial charge < -0.3 is 10.4 Å². The molecule has 2 N–H and O–H groups in total. The van der Waals surface area contributed by atoms with E-state index in [1.807, 2.05) is 13.0 Å². The highest BCUT2D eigenvalue weighted by molar-refractivity contribution is 9.10. The van der Waals surface area contributed by atoms with Crippen LogP contribution in [-0.4, -0.2) is 11.1 Å². The minimum Gasteiger partial charge on any atom is -0.478 e. The summed E-state index contributed by atoms with van der Waals surface area (Å²) < 4.78 is 14.3. The van der Waals surface area contributed by atoms with Crippen LogP contribution < -0.4 is 5.32 Å². The molecule has 0 spiro atoms. The van der Waals surface area contributed by atoms with Gasteiger partial charge in [0.15, 0.2) is 0 Å². The average Bonchev–Trinajstić information content (AvgIpc) is 2.43. The topological polar surface area (TPSA) is 49.3 Å². The Labute approximate surface area is 130 Å². The summed E-state index contributed by atoms with van der Waals surface area (Å²) in [6.07, 6.45) is 0. The minimum absolute atomic E-state index is 0.170. The molecule has 1 unspecified atom stereocenters. The van der Waals surface area contributed by atoms with Gasteiger partial charge in [0.2, 0.25) is 0 Å². The van der Waals surface area contributed by atoms with Gasteiger partial charge in [0.1, 0.15) is 5.82 Å². The Morgan fingerprint density at radius 1 is 1.29 bits per heavy atom. The zero-order valence-electron chi connectivity index (χ0n) is 11.7. The molecule has 3 nitrogen and oxygen atoms in total. The average molecular weight is 352 g/mol. The molecule has 2 aromatic carbocycles. The summed E-state index contributed by atoms with van der Waals surface area (Å²) in [5, 5.41) is 12.3. The Bertz CT molecular complexity index is 688. The number of aryl methyl sites for hydroxylation is 1. The highest BCUT2D eigenvalue weighted by Crippen LogP contribution is 2.26. The second kappa shape index (κ2) is 6.26. The highest BCUT2D eigenvalue weighted by atomic mass is 79.9. The third-order valence-corrected chi connectivity index (χ3v) is 3.77. The van der Waals surface area contributed by atoms with Gasteiger partial charge in [-0.25, -0.2) is 9.18 Å². The van der Waals surface area contributed by atoms with Crippen LogP contribution in [0.4, 0.5) is 10.1 Å². The van der Waals surface area contributed by atoms with Crippen molar-refractivity contribution >= 4 is 27.6 Å². The van der Waals surface area contributed by atoms with E-state index in [2.05, 4.69) is 21.2 Å². The molecule has 0 aromatic heterocycles. The number of carbonyl (C=O) groups is 1. The molecule has 0 aliphatic carbocycles. The number of halogens is 2. The van der Waals surface area contributed by atoms with Crippen molar-refractivity contribution in [1.29, 1.82) is 0 Å². The lowest BCUT2D eigenvalue weighted by Crippen LogP contribution is -2.11. The summed E-state index contributed by atoms with van der Waals surface area (Å²) in [5.41, 5.74) is 2.01. The number of carboxylic acid groups (broad SMARTS) is 1. The Morgan fingerprint density at radius 2 is 2.00 bits per heavy atom. The SMILES string of the molecule is Cc1ccc(C(C)Nc2ccc(Br)cc2C(=O)O)cc1F. The van der Waals surface area contributed by atoms with Crippen LogP contribution in [0, 0.1) is 12.7 Å². The smallest absolute Gasteiger partial charge is 0.337 e. The van der Waals surface area contributed by atoms with Crippen molar-refractivity contribution < 1.29 is 14.3 Å². The molecule has 5 heteroatoms. The maximum absolute atomic E-state index is 13.6. The first-order valence-electron chi connectivity index (χ1n) is 6.44. The molecule has 0 saturated carbocycles. The predicted molar refractivity (Wildman–Crippen MR) is 84.3 cm³/mol. The largest absolute Gasteiger partial charge is 0.478 e. The summed E-state index contributed by atoms with van der Waals surface area (Å²) in [4.78, 5) is 11.3. The van der Waals surface area contributed by atoms with Gasteiger partial charge in [0.25, 0.3) is 0 Å². The van der Waals surface area contributed by atoms with E-state index in [0.717, 1.165) is 5.56 Å². The van der Waals surface area contributed by atoms with Gasteiger partial charge >= 0.3 is 5.97 Å². The lowest BCUT2D eigenvalue weighted by atomic mass is 10.0. The Morgan fingerprint density at radius 3 is 2.62 bits per heavy atom. The lowest BCUT2D eigenvalue weighted by molar-refractivity contribution is 0.0698. The van der Waals surface area contributed by atoms with E-state index in [4.69, 9.17) is 0 Å². The zero-order valence-corrected chi connectivity index (χ0v) is 13.2. The normalized spacial score (nSPS) is 12.0. The van der Waals surface area contributed by atoms with E-state index < -0.39 is 5.97 Å². The summed E-state index contributed by atoms with van der Waals surface area (Å²) in [6.45, 7) is 3.56. The standard InChI is InChI=1S/C16H15BrFNO2/c1-9-3-4-11(7-14(9)18)10(2)19-15-6-5-12(17)8-13(15)16(20)21/h3-8,10,19H,1-2H3,(H,20,21). The van der Waals surface area contributed by atoms with Crippen molar-refractivity contribution in [2.75, 3.05) is 5.32 Å². The molecule has 2 aromatic rings. The Balaban J connectivity index is 2.29. The molecular formula is C16H15BrFNO2. The molecule has 0 fully saturated rings. The van der Waals surface area contributed by atoms with Crippen LogP contribution in [-0.2, 0) is 0 Å². The van der Waals surface area contributed by atoms with Crippen molar-refractivity contribution in [1.82, 2.24) is 0 Å². The molecule has 0 bridgehead atoms. The van der Waals surface area contributed by atoms with Gasteiger partial charge in [-0.3, -0.25) is 0 Å². The first-order chi connectivity index (χ1) is 9.88. The molecule has 0 amide bonds. The van der Waals surface area contributed by atoms with Crippen molar-refractivity contribution in [2.24, 2.45) is 0 Å². The molecule has 0 aliphatic heterocycles. The second-order valence-corrected chi connectivity index (χ2v) is 5.79. The number of aromatic carboxylic acids is 1. The van der Waals surface area contributed by atoms with Crippen molar-refractivity contribution in [2.45, 2.75) is 19.9 Å². The van der Waals surface area contributed by atoms with Crippen LogP contribution >= 0.6 is 15.9 Å². The first kappa shape index (κ1) is 15.5. The Kier molecular flexibility index (Phi) is 4.63. The number of nitrogens with one attached hydrogen (secondary N) is 1. The third-order valence-electron chi connectivity index (χ3n) is 3.28. The van der Waals surface area contributed by atoms with Crippen molar-refractivity contribution in [3.05, 3.63) is 63.4 Å². The number of hydrogen-bond donors (Lipinski definition) is 2. The number of benzene rings is 2. The quantitative estimate of drug-likeness (QED) is 0.834. The fourth-order valence-electron chi connectivity index (χ4n) is 2.01. The minimum atomic E-state index is -1.01. The van der Waals surface area contributed by atoms with E-state index in [1.54, 1.807) is 25.1 Å². The van der Waals surface area contributed by atoms with Crippen molar-refractivity contribution in [3.8, 4) is 0 Å². The molecule has 0 aliphatic rings. The monoisotopic (exact) mass is 351 g/mol. The van der Waals surface area contributed by atoms with Crippen molar-refractivity contribution in [3.63, 3.8) is 0 Å². The fraction of sp³-hybridized carbons (Fsp3) is 0.188. The highest BCUT2D eigenvalue weighted by Gasteiger charge is 2.14. The molecule has 0 saturated heterocycles. The van der Waals surface area contributed by atoms with Crippen LogP contribution in [0.15, 0.2) is 40.9 Å². The molecule has 21 heavy (non-hydrogen) atoms. The lowest BCUT2D eigenvalue weighted by Gasteiger charge is -2.18. The Hall–Kier alpha value is -1.88. The van der Waals surface area contributed by atoms with E-state index in [9.17, 15) is 14.3 Å². The molecule has 110 valence electrons. The second-order valence-electron chi connectivity index (χ2n) is 4.87. The van der Waals surface area contributed by atoms with E-state index in [0.29, 0.717) is 15.7 Å². The van der Waals surface area contributed by atoms with E-state index in [1.165, 1.54) is 12.1 Å². The maximum atomic E-state index is 13.6. The van der Waals surface area contributed by atoms with Gasteiger partial charge in [0, 0.05) is 16.2 Å². The zero-order chi connectivity index (χ0) is 15.6. The fourth-order valence-corrected chi connectivity index (χ4v) is 2.38. The first-order valence-corrected chi connectivity index (χ1v) is 7.23. The van der Waals surface area contributed by atoms with Gasteiger partial charge in [-0.15, -0.1) is 0 Å². The van der Waals surface area contributed by atoms with E-state index >= 15 is 0 Å². The summed E-state index contributed by atoms with van der Waals surface area (Å²) in [5.74, 6) is -1.28. The predicted octanol–water partition coefficient (Wildman–Crippen LogP) is 4.77. The van der Waals surface area contributed by atoms with Crippen LogP contribution in [0.2, 0.25) is 0 Å². The van der Waals surface area contributed by atoms with Gasteiger partial charge in [-0.05, 0) is 49.2 Å². The van der Waals surface area contributed by atoms with Crippen LogP contribution in [0.1, 0.15) is 34.5 Å². The summed E-state index contributed by atoms with van der Waals surface area (Å²) in [6, 6.07) is 9.78. The summed E-state index contributed by atoms with van der Waals surface area (Å²) in [7, 11) is 0. The molecule has 0 radical (unpaired) electrons. The molecular weight excluding hydrogens is 337 g/mol. The third kappa shape index (κ3) is 3.61. The summed E-state index contributed by atoms with van der Waals surface area (Å²) >= 11 is 3.25.